The zero-order valence-corrected chi connectivity index (χ0v) is 11.3. The van der Waals surface area contributed by atoms with Crippen LogP contribution in [-0.2, 0) is 9.53 Å². The van der Waals surface area contributed by atoms with E-state index in [0.29, 0.717) is 31.8 Å². The molecule has 0 aliphatic carbocycles. The third-order valence-corrected chi connectivity index (χ3v) is 2.85. The summed E-state index contributed by atoms with van der Waals surface area (Å²) >= 11 is 0. The first-order valence-electron chi connectivity index (χ1n) is 6.31. The predicted octanol–water partition coefficient (Wildman–Crippen LogP) is 2.61. The Balaban J connectivity index is 2.39. The fourth-order valence-electron chi connectivity index (χ4n) is 1.96. The lowest BCUT2D eigenvalue weighted by atomic mass is 10.0. The van der Waals surface area contributed by atoms with Crippen LogP contribution in [0.5, 0.6) is 0 Å². The largest absolute Gasteiger partial charge is 0.444 e. The van der Waals surface area contributed by atoms with E-state index in [1.54, 1.807) is 4.90 Å². The van der Waals surface area contributed by atoms with Crippen molar-refractivity contribution in [1.82, 2.24) is 4.90 Å². The summed E-state index contributed by atoms with van der Waals surface area (Å²) in [4.78, 5) is 24.8. The molecule has 0 aromatic rings. The number of hydrogen-bond donors (Lipinski definition) is 0. The van der Waals surface area contributed by atoms with Gasteiger partial charge in [0, 0.05) is 25.9 Å². The second-order valence-electron chi connectivity index (χ2n) is 5.68. The molecule has 17 heavy (non-hydrogen) atoms. The van der Waals surface area contributed by atoms with Gasteiger partial charge in [0.2, 0.25) is 0 Å². The highest BCUT2D eigenvalue weighted by Crippen LogP contribution is 2.22. The molecule has 0 aromatic carbocycles. The molecule has 4 heteroatoms. The smallest absolute Gasteiger partial charge is 0.410 e. The van der Waals surface area contributed by atoms with Gasteiger partial charge in [0.15, 0.2) is 0 Å². The monoisotopic (exact) mass is 241 g/mol. The Morgan fingerprint density at radius 3 is 2.53 bits per heavy atom. The fourth-order valence-corrected chi connectivity index (χ4v) is 1.96. The lowest BCUT2D eigenvalue weighted by molar-refractivity contribution is -0.119. The highest BCUT2D eigenvalue weighted by atomic mass is 16.6. The maximum atomic E-state index is 11.8. The van der Waals surface area contributed by atoms with Gasteiger partial charge in [-0.25, -0.2) is 4.79 Å². The Morgan fingerprint density at radius 1 is 1.35 bits per heavy atom. The molecular formula is C13H23NO3. The molecule has 1 aliphatic heterocycles. The van der Waals surface area contributed by atoms with E-state index in [-0.39, 0.29) is 11.9 Å². The van der Waals surface area contributed by atoms with Gasteiger partial charge < -0.3 is 9.64 Å². The summed E-state index contributed by atoms with van der Waals surface area (Å²) in [6, 6.07) is 0. The van der Waals surface area contributed by atoms with Crippen LogP contribution in [0.1, 0.15) is 47.0 Å². The normalized spacial score (nSPS) is 20.5. The molecule has 1 aliphatic rings. The van der Waals surface area contributed by atoms with Gasteiger partial charge in [-0.05, 0) is 33.1 Å². The third kappa shape index (κ3) is 4.75. The van der Waals surface area contributed by atoms with Crippen LogP contribution in [-0.4, -0.2) is 35.5 Å². The van der Waals surface area contributed by atoms with E-state index in [0.717, 1.165) is 6.42 Å². The molecule has 1 heterocycles. The molecule has 0 radical (unpaired) electrons. The summed E-state index contributed by atoms with van der Waals surface area (Å²) < 4.78 is 5.30. The summed E-state index contributed by atoms with van der Waals surface area (Å²) in [6.45, 7) is 8.82. The van der Waals surface area contributed by atoms with Crippen molar-refractivity contribution in [2.24, 2.45) is 5.92 Å². The second kappa shape index (κ2) is 5.52. The standard InChI is InChI=1S/C13H23NO3/c1-5-11(15)8-10-6-7-14(9-10)12(16)17-13(2,3)4/h10H,5-9H2,1-4H3/t10-/m0/s1. The van der Waals surface area contributed by atoms with Gasteiger partial charge in [0.05, 0.1) is 0 Å². The first-order valence-corrected chi connectivity index (χ1v) is 6.31. The Bertz CT molecular complexity index is 294. The number of rotatable bonds is 3. The maximum Gasteiger partial charge on any atom is 0.410 e. The zero-order valence-electron chi connectivity index (χ0n) is 11.3. The quantitative estimate of drug-likeness (QED) is 0.763. The van der Waals surface area contributed by atoms with Crippen LogP contribution in [0.15, 0.2) is 0 Å². The van der Waals surface area contributed by atoms with Crippen LogP contribution in [0.25, 0.3) is 0 Å². The lowest BCUT2D eigenvalue weighted by Gasteiger charge is -2.24. The highest BCUT2D eigenvalue weighted by Gasteiger charge is 2.30. The summed E-state index contributed by atoms with van der Waals surface area (Å²) in [5.41, 5.74) is -0.450. The molecule has 1 atom stereocenters. The number of nitrogens with zero attached hydrogens (tertiary/aromatic N) is 1. The number of likely N-dealkylation sites (tertiary alicyclic amines) is 1. The van der Waals surface area contributed by atoms with E-state index < -0.39 is 5.60 Å². The fraction of sp³-hybridized carbons (Fsp3) is 0.846. The molecule has 1 fully saturated rings. The van der Waals surface area contributed by atoms with E-state index >= 15 is 0 Å². The van der Waals surface area contributed by atoms with Crippen LogP contribution < -0.4 is 0 Å². The molecule has 0 unspecified atom stereocenters. The van der Waals surface area contributed by atoms with Crippen LogP contribution in [0.4, 0.5) is 4.79 Å². The van der Waals surface area contributed by atoms with Crippen LogP contribution in [0.3, 0.4) is 0 Å². The van der Waals surface area contributed by atoms with E-state index in [2.05, 4.69) is 0 Å². The minimum atomic E-state index is -0.450. The van der Waals surface area contributed by atoms with Crippen molar-refractivity contribution in [1.29, 1.82) is 0 Å². The van der Waals surface area contributed by atoms with E-state index in [1.807, 2.05) is 27.7 Å². The van der Waals surface area contributed by atoms with Crippen molar-refractivity contribution < 1.29 is 14.3 Å². The average molecular weight is 241 g/mol. The summed E-state index contributed by atoms with van der Waals surface area (Å²) in [7, 11) is 0. The van der Waals surface area contributed by atoms with Gasteiger partial charge in [-0.2, -0.15) is 0 Å². The Kier molecular flexibility index (Phi) is 4.54. The minimum absolute atomic E-state index is 0.260. The molecular weight excluding hydrogens is 218 g/mol. The van der Waals surface area contributed by atoms with Gasteiger partial charge in [-0.1, -0.05) is 6.92 Å². The van der Waals surface area contributed by atoms with Gasteiger partial charge >= 0.3 is 6.09 Å². The summed E-state index contributed by atoms with van der Waals surface area (Å²) in [6.07, 6.45) is 1.83. The highest BCUT2D eigenvalue weighted by molar-refractivity contribution is 5.78. The van der Waals surface area contributed by atoms with E-state index in [1.165, 1.54) is 0 Å². The Labute approximate surface area is 103 Å². The molecule has 0 N–H and O–H groups in total. The SMILES string of the molecule is CCC(=O)C[C@@H]1CCN(C(=O)OC(C)(C)C)C1. The number of ether oxygens (including phenoxy) is 1. The molecule has 98 valence electrons. The Morgan fingerprint density at radius 2 is 2.00 bits per heavy atom. The summed E-state index contributed by atoms with van der Waals surface area (Å²) in [5.74, 6) is 0.594. The van der Waals surface area contributed by atoms with Crippen LogP contribution >= 0.6 is 0 Å². The van der Waals surface area contributed by atoms with Crippen molar-refractivity contribution in [3.63, 3.8) is 0 Å². The van der Waals surface area contributed by atoms with Crippen molar-refractivity contribution in [3.8, 4) is 0 Å². The number of Topliss-reactive ketones (excluding diaryl/α,β-unsaturated/α-hetero) is 1. The number of hydrogen-bond acceptors (Lipinski definition) is 3. The van der Waals surface area contributed by atoms with Crippen LogP contribution in [0.2, 0.25) is 0 Å². The van der Waals surface area contributed by atoms with Gasteiger partial charge in [-0.15, -0.1) is 0 Å². The zero-order chi connectivity index (χ0) is 13.1. The first kappa shape index (κ1) is 14.0. The molecule has 1 saturated heterocycles. The molecule has 0 aromatic heterocycles. The van der Waals surface area contributed by atoms with Gasteiger partial charge in [0.25, 0.3) is 0 Å². The lowest BCUT2D eigenvalue weighted by Crippen LogP contribution is -2.35. The molecule has 1 amide bonds. The predicted molar refractivity (Wildman–Crippen MR) is 65.8 cm³/mol. The number of carbonyl (C=O) groups is 2. The molecule has 1 rings (SSSR count). The molecule has 0 spiro atoms. The topological polar surface area (TPSA) is 46.6 Å². The van der Waals surface area contributed by atoms with Crippen LogP contribution in [0, 0.1) is 5.92 Å². The number of carbonyl (C=O) groups excluding carboxylic acids is 2. The third-order valence-electron chi connectivity index (χ3n) is 2.85. The maximum absolute atomic E-state index is 11.8. The second-order valence-corrected chi connectivity index (χ2v) is 5.68. The number of amides is 1. The van der Waals surface area contributed by atoms with E-state index in [4.69, 9.17) is 4.74 Å². The molecule has 0 saturated carbocycles. The molecule has 0 bridgehead atoms. The van der Waals surface area contributed by atoms with Crippen molar-refractivity contribution in [3.05, 3.63) is 0 Å². The van der Waals surface area contributed by atoms with Crippen molar-refractivity contribution in [2.75, 3.05) is 13.1 Å². The first-order chi connectivity index (χ1) is 7.81. The Hall–Kier alpha value is -1.06. The van der Waals surface area contributed by atoms with E-state index in [9.17, 15) is 9.59 Å². The van der Waals surface area contributed by atoms with Gasteiger partial charge in [0.1, 0.15) is 11.4 Å². The van der Waals surface area contributed by atoms with Crippen molar-refractivity contribution in [2.45, 2.75) is 52.6 Å². The summed E-state index contributed by atoms with van der Waals surface area (Å²) in [5, 5.41) is 0. The van der Waals surface area contributed by atoms with Crippen molar-refractivity contribution >= 4 is 11.9 Å². The average Bonchev–Trinajstić information content (AvgIpc) is 2.63. The number of ketones is 1. The molecule has 4 nitrogen and oxygen atoms in total. The van der Waals surface area contributed by atoms with Gasteiger partial charge in [-0.3, -0.25) is 4.79 Å². The minimum Gasteiger partial charge on any atom is -0.444 e.